The second-order valence-corrected chi connectivity index (χ2v) is 17.1. The van der Waals surface area contributed by atoms with Crippen molar-refractivity contribution in [2.24, 2.45) is 0 Å². The quantitative estimate of drug-likeness (QED) is 0.167. The Labute approximate surface area is 384 Å². The van der Waals surface area contributed by atoms with E-state index in [0.717, 1.165) is 94.0 Å². The van der Waals surface area contributed by atoms with Gasteiger partial charge in [0.2, 0.25) is 0 Å². The van der Waals surface area contributed by atoms with Crippen molar-refractivity contribution < 1.29 is 0 Å². The van der Waals surface area contributed by atoms with Gasteiger partial charge in [-0.05, 0) is 60.7 Å². The average molecular weight is 861 g/mol. The van der Waals surface area contributed by atoms with E-state index >= 15 is 0 Å². The lowest BCUT2D eigenvalue weighted by molar-refractivity contribution is 0.995. The summed E-state index contributed by atoms with van der Waals surface area (Å²) in [7, 11) is 1.97. The summed E-state index contributed by atoms with van der Waals surface area (Å²) in [5.41, 5.74) is 16.6. The number of para-hydroxylation sites is 6. The average Bonchev–Trinajstić information content (AvgIpc) is 4.12. The first-order valence-electron chi connectivity index (χ1n) is 22.7. The van der Waals surface area contributed by atoms with E-state index in [0.29, 0.717) is 11.6 Å². The maximum absolute atomic E-state index is 5.56. The van der Waals surface area contributed by atoms with Crippen LogP contribution < -0.4 is 10.7 Å². The molecule has 0 spiro atoms. The van der Waals surface area contributed by atoms with Crippen LogP contribution in [0.25, 0.3) is 116 Å². The zero-order valence-electron chi connectivity index (χ0n) is 36.4. The van der Waals surface area contributed by atoms with E-state index in [-0.39, 0.29) is 0 Å². The molecule has 316 valence electrons. The smallest absolute Gasteiger partial charge is 0.174 e. The van der Waals surface area contributed by atoms with Crippen LogP contribution in [0.2, 0.25) is 0 Å². The van der Waals surface area contributed by atoms with Crippen LogP contribution in [0.4, 0.5) is 11.5 Å². The lowest BCUT2D eigenvalue weighted by Crippen LogP contribution is -2.15. The van der Waals surface area contributed by atoms with Crippen molar-refractivity contribution in [2.75, 3.05) is 17.8 Å². The Morgan fingerprint density at radius 3 is 1.45 bits per heavy atom. The van der Waals surface area contributed by atoms with Gasteiger partial charge < -0.3 is 14.5 Å². The third-order valence-corrected chi connectivity index (χ3v) is 13.6. The molecule has 0 amide bonds. The van der Waals surface area contributed by atoms with Gasteiger partial charge in [0, 0.05) is 67.1 Å². The number of hydrogen-bond donors (Lipinski definition) is 2. The molecular weight excluding hydrogens is 821 g/mol. The van der Waals surface area contributed by atoms with Gasteiger partial charge in [0.15, 0.2) is 17.5 Å². The molecule has 0 unspecified atom stereocenters. The highest BCUT2D eigenvalue weighted by Gasteiger charge is 2.26. The molecule has 8 heteroatoms. The van der Waals surface area contributed by atoms with Gasteiger partial charge in [-0.3, -0.25) is 14.7 Å². The molecule has 0 radical (unpaired) electrons. The molecule has 0 bridgehead atoms. The second kappa shape index (κ2) is 14.4. The van der Waals surface area contributed by atoms with Gasteiger partial charge in [0.1, 0.15) is 5.69 Å². The number of benzene rings is 9. The summed E-state index contributed by atoms with van der Waals surface area (Å²) in [5.74, 6) is 1.98. The summed E-state index contributed by atoms with van der Waals surface area (Å²) in [6, 6.07) is 75.5. The molecule has 0 atom stereocenters. The van der Waals surface area contributed by atoms with Crippen LogP contribution in [0.1, 0.15) is 0 Å². The molecule has 0 fully saturated rings. The predicted molar refractivity (Wildman–Crippen MR) is 278 cm³/mol. The van der Waals surface area contributed by atoms with Gasteiger partial charge in [-0.2, -0.15) is 0 Å². The zero-order chi connectivity index (χ0) is 44.2. The topological polar surface area (TPSA) is 69.6 Å². The van der Waals surface area contributed by atoms with Crippen molar-refractivity contribution in [1.82, 2.24) is 28.3 Å². The van der Waals surface area contributed by atoms with Crippen LogP contribution in [0.5, 0.6) is 0 Å². The van der Waals surface area contributed by atoms with Crippen LogP contribution in [0, 0.1) is 0 Å². The lowest BCUT2D eigenvalue weighted by atomic mass is 10.1. The number of nitrogens with one attached hydrogen (secondary N) is 2. The minimum atomic E-state index is 0.606. The molecule has 14 rings (SSSR count). The Morgan fingerprint density at radius 1 is 0.358 bits per heavy atom. The van der Waals surface area contributed by atoms with Gasteiger partial charge in [-0.1, -0.05) is 152 Å². The van der Waals surface area contributed by atoms with Crippen molar-refractivity contribution in [3.63, 3.8) is 0 Å². The van der Waals surface area contributed by atoms with E-state index in [9.17, 15) is 0 Å². The fourth-order valence-corrected chi connectivity index (χ4v) is 10.8. The normalized spacial score (nSPS) is 12.0. The molecule has 5 heterocycles. The molecule has 9 aromatic carbocycles. The molecule has 2 N–H and O–H groups in total. The number of aromatic nitrogens is 6. The van der Waals surface area contributed by atoms with Crippen molar-refractivity contribution in [1.29, 1.82) is 0 Å². The number of nitrogens with zero attached hydrogens (tertiary/aromatic N) is 6. The second-order valence-electron chi connectivity index (χ2n) is 17.1. The highest BCUT2D eigenvalue weighted by molar-refractivity contribution is 6.27. The maximum atomic E-state index is 5.56. The minimum Gasteiger partial charge on any atom is -0.382 e. The van der Waals surface area contributed by atoms with Crippen molar-refractivity contribution >= 4 is 98.7 Å². The first-order valence-corrected chi connectivity index (χ1v) is 22.7. The molecule has 0 aliphatic rings. The monoisotopic (exact) mass is 860 g/mol. The van der Waals surface area contributed by atoms with E-state index in [2.05, 4.69) is 223 Å². The molecule has 0 saturated carbocycles. The number of fused-ring (bicyclic) bond motifs is 14. The molecule has 0 aliphatic heterocycles. The van der Waals surface area contributed by atoms with Gasteiger partial charge in [-0.25, -0.2) is 9.97 Å². The van der Waals surface area contributed by atoms with Crippen LogP contribution >= 0.6 is 0 Å². The van der Waals surface area contributed by atoms with Crippen LogP contribution in [-0.4, -0.2) is 35.4 Å². The third kappa shape index (κ3) is 5.35. The Hall–Kier alpha value is -9.14. The molecule has 8 nitrogen and oxygen atoms in total. The van der Waals surface area contributed by atoms with Gasteiger partial charge >= 0.3 is 0 Å². The number of hydrogen-bond acceptors (Lipinski definition) is 4. The molecule has 0 saturated heterocycles. The third-order valence-electron chi connectivity index (χ3n) is 13.6. The fourth-order valence-electron chi connectivity index (χ4n) is 10.8. The Bertz CT molecular complexity index is 4270. The van der Waals surface area contributed by atoms with Crippen molar-refractivity contribution in [2.45, 2.75) is 0 Å². The SMILES string of the molecule is CNc1c(Nn2c3ccccc3c3c2ccc2c4ccccc4n(-c4ccccc4)c23)nc(-c2ccccc2)nc1-n1c2ccccc2c2ccc3c(c4ccccc4n3-c3ccccc3)c21. The van der Waals surface area contributed by atoms with Gasteiger partial charge in [0.05, 0.1) is 44.1 Å². The van der Waals surface area contributed by atoms with Crippen LogP contribution in [0.3, 0.4) is 0 Å². The summed E-state index contributed by atoms with van der Waals surface area (Å²) in [6.45, 7) is 0. The van der Waals surface area contributed by atoms with Gasteiger partial charge in [0.25, 0.3) is 0 Å². The molecular formula is C59H40N8. The van der Waals surface area contributed by atoms with E-state index in [1.54, 1.807) is 0 Å². The minimum absolute atomic E-state index is 0.606. The van der Waals surface area contributed by atoms with Crippen LogP contribution in [-0.2, 0) is 0 Å². The summed E-state index contributed by atoms with van der Waals surface area (Å²) in [4.78, 5) is 11.0. The maximum Gasteiger partial charge on any atom is 0.174 e. The van der Waals surface area contributed by atoms with E-state index in [4.69, 9.17) is 9.97 Å². The predicted octanol–water partition coefficient (Wildman–Crippen LogP) is 14.5. The first-order chi connectivity index (χ1) is 33.2. The number of anilines is 2. The van der Waals surface area contributed by atoms with Crippen LogP contribution in [0.15, 0.2) is 212 Å². The van der Waals surface area contributed by atoms with Gasteiger partial charge in [-0.15, -0.1) is 0 Å². The molecule has 14 aromatic rings. The molecule has 5 aromatic heterocycles. The summed E-state index contributed by atoms with van der Waals surface area (Å²) in [5, 5.41) is 13.0. The first kappa shape index (κ1) is 37.3. The summed E-state index contributed by atoms with van der Waals surface area (Å²) in [6.07, 6.45) is 0. The van der Waals surface area contributed by atoms with Crippen molar-refractivity contribution in [3.05, 3.63) is 212 Å². The van der Waals surface area contributed by atoms with E-state index in [1.165, 1.54) is 21.7 Å². The highest BCUT2D eigenvalue weighted by atomic mass is 15.4. The molecule has 67 heavy (non-hydrogen) atoms. The molecule has 0 aliphatic carbocycles. The zero-order valence-corrected chi connectivity index (χ0v) is 36.4. The fraction of sp³-hybridized carbons (Fsp3) is 0.0169. The highest BCUT2D eigenvalue weighted by Crippen LogP contribution is 2.45. The summed E-state index contributed by atoms with van der Waals surface area (Å²) < 4.78 is 9.35. The van der Waals surface area contributed by atoms with E-state index in [1.807, 2.05) is 25.2 Å². The summed E-state index contributed by atoms with van der Waals surface area (Å²) >= 11 is 0. The standard InChI is InChI=1S/C59H40N8/c1-60-54-58(63-67-49-32-18-14-28-45(49)53-51(67)36-34-42-40-25-11-15-29-46(40)65(55(42)53)39-23-9-4-10-24-39)61-57(37-19-5-2-6-20-37)62-59(54)66-47-30-16-12-26-41(47)43-33-35-50-52(56(43)66)44-27-13-17-31-48(44)64(50)38-21-7-3-8-22-38/h2-36,60H,1H3,(H,61,62,63). The number of rotatable bonds is 7. The Morgan fingerprint density at radius 2 is 0.821 bits per heavy atom. The Kier molecular flexibility index (Phi) is 8.03. The largest absolute Gasteiger partial charge is 0.382 e. The lowest BCUT2D eigenvalue weighted by Gasteiger charge is -2.20. The Balaban J connectivity index is 1.09. The van der Waals surface area contributed by atoms with E-state index < -0.39 is 0 Å². The van der Waals surface area contributed by atoms with Crippen molar-refractivity contribution in [3.8, 4) is 28.6 Å².